The number of carbonyl (C=O) groups excluding carboxylic acids is 1. The summed E-state index contributed by atoms with van der Waals surface area (Å²) in [7, 11) is 0. The summed E-state index contributed by atoms with van der Waals surface area (Å²) in [5, 5.41) is 4.32. The van der Waals surface area contributed by atoms with Gasteiger partial charge in [0.15, 0.2) is 0 Å². The molecule has 1 aromatic carbocycles. The van der Waals surface area contributed by atoms with E-state index >= 15 is 0 Å². The summed E-state index contributed by atoms with van der Waals surface area (Å²) in [6, 6.07) is 4.96. The van der Waals surface area contributed by atoms with Crippen molar-refractivity contribution in [2.45, 2.75) is 26.4 Å². The van der Waals surface area contributed by atoms with E-state index in [4.69, 9.17) is 39.5 Å². The van der Waals surface area contributed by atoms with Crippen molar-refractivity contribution in [3.8, 4) is 10.6 Å². The van der Waals surface area contributed by atoms with Gasteiger partial charge in [-0.3, -0.25) is 5.32 Å². The number of hydrogen-bond acceptors (Lipinski definition) is 5. The molecule has 9 heteroatoms. The first kappa shape index (κ1) is 19.2. The number of fused-ring (bicyclic) bond motifs is 1. The van der Waals surface area contributed by atoms with E-state index in [0.29, 0.717) is 37.0 Å². The molecular formula is C17H14Cl3N3O2S. The summed E-state index contributed by atoms with van der Waals surface area (Å²) >= 11 is 20.2. The predicted molar refractivity (Wildman–Crippen MR) is 108 cm³/mol. The molecule has 0 aliphatic carbocycles. The van der Waals surface area contributed by atoms with Crippen molar-refractivity contribution in [2.24, 2.45) is 0 Å². The molecule has 136 valence electrons. The third-order valence-corrected chi connectivity index (χ3v) is 5.25. The Balaban J connectivity index is 1.94. The normalized spacial score (nSPS) is 11.6. The van der Waals surface area contributed by atoms with Gasteiger partial charge in [-0.2, -0.15) is 0 Å². The highest BCUT2D eigenvalue weighted by atomic mass is 35.5. The molecule has 1 amide bonds. The first-order valence-electron chi connectivity index (χ1n) is 7.54. The van der Waals surface area contributed by atoms with Gasteiger partial charge >= 0.3 is 6.09 Å². The average Bonchev–Trinajstić information content (AvgIpc) is 2.89. The smallest absolute Gasteiger partial charge is 0.412 e. The van der Waals surface area contributed by atoms with Gasteiger partial charge in [0.25, 0.3) is 0 Å². The van der Waals surface area contributed by atoms with E-state index in [1.54, 1.807) is 45.2 Å². The Kier molecular flexibility index (Phi) is 5.30. The summed E-state index contributed by atoms with van der Waals surface area (Å²) in [5.74, 6) is 0. The molecule has 1 N–H and O–H groups in total. The Labute approximate surface area is 169 Å². The fraction of sp³-hybridized carbons (Fsp3) is 0.235. The molecule has 3 rings (SSSR count). The third kappa shape index (κ3) is 4.20. The monoisotopic (exact) mass is 429 g/mol. The first-order valence-corrected chi connectivity index (χ1v) is 9.49. The molecule has 26 heavy (non-hydrogen) atoms. The lowest BCUT2D eigenvalue weighted by atomic mass is 10.2. The summed E-state index contributed by atoms with van der Waals surface area (Å²) in [6.45, 7) is 5.34. The number of nitrogens with one attached hydrogen (secondary N) is 1. The molecule has 0 aliphatic rings. The van der Waals surface area contributed by atoms with Gasteiger partial charge in [-0.05, 0) is 39.0 Å². The minimum atomic E-state index is -0.605. The van der Waals surface area contributed by atoms with Crippen LogP contribution in [0.25, 0.3) is 20.8 Å². The molecule has 0 aliphatic heterocycles. The molecule has 0 spiro atoms. The third-order valence-electron chi connectivity index (χ3n) is 3.16. The van der Waals surface area contributed by atoms with Gasteiger partial charge in [-0.15, -0.1) is 11.3 Å². The van der Waals surface area contributed by atoms with E-state index in [9.17, 15) is 4.79 Å². The lowest BCUT2D eigenvalue weighted by Crippen LogP contribution is -2.27. The van der Waals surface area contributed by atoms with Crippen molar-refractivity contribution < 1.29 is 9.53 Å². The molecule has 5 nitrogen and oxygen atoms in total. The second kappa shape index (κ2) is 7.19. The van der Waals surface area contributed by atoms with E-state index < -0.39 is 11.7 Å². The average molecular weight is 431 g/mol. The standard InChI is InChI=1S/C17H14Cl3N3O2S/c1-17(2,3)25-16(24)22-8-6-9(18)12(10(19)7-8)15-23-11-4-5-21-14(20)13(11)26-15/h4-7H,1-3H3,(H,22,24). The highest BCUT2D eigenvalue weighted by Gasteiger charge is 2.19. The van der Waals surface area contributed by atoms with Gasteiger partial charge in [-0.25, -0.2) is 14.8 Å². The van der Waals surface area contributed by atoms with Gasteiger partial charge < -0.3 is 4.74 Å². The number of halogens is 3. The topological polar surface area (TPSA) is 64.1 Å². The second-order valence-corrected chi connectivity index (χ2v) is 8.58. The van der Waals surface area contributed by atoms with Gasteiger partial charge in [0.1, 0.15) is 15.8 Å². The number of carbonyl (C=O) groups is 1. The van der Waals surface area contributed by atoms with E-state index in [1.807, 2.05) is 0 Å². The number of amides is 1. The molecule has 0 radical (unpaired) electrons. The Morgan fingerprint density at radius 2 is 1.85 bits per heavy atom. The number of anilines is 1. The second-order valence-electron chi connectivity index (χ2n) is 6.41. The van der Waals surface area contributed by atoms with Crippen LogP contribution in [0.1, 0.15) is 20.8 Å². The minimum absolute atomic E-state index is 0.353. The number of benzene rings is 1. The number of thiazole rings is 1. The van der Waals surface area contributed by atoms with Gasteiger partial charge in [0, 0.05) is 17.4 Å². The largest absolute Gasteiger partial charge is 0.444 e. The van der Waals surface area contributed by atoms with Crippen LogP contribution in [-0.4, -0.2) is 21.7 Å². The van der Waals surface area contributed by atoms with Crippen LogP contribution >= 0.6 is 46.1 Å². The summed E-state index contributed by atoms with van der Waals surface area (Å²) in [4.78, 5) is 20.5. The maximum atomic E-state index is 11.9. The number of nitrogens with zero attached hydrogens (tertiary/aromatic N) is 2. The fourth-order valence-electron chi connectivity index (χ4n) is 2.20. The maximum Gasteiger partial charge on any atom is 0.412 e. The first-order chi connectivity index (χ1) is 12.1. The number of ether oxygens (including phenoxy) is 1. The molecule has 0 saturated carbocycles. The summed E-state index contributed by atoms with van der Waals surface area (Å²) in [5.41, 5.74) is 1.11. The Morgan fingerprint density at radius 1 is 1.19 bits per heavy atom. The summed E-state index contributed by atoms with van der Waals surface area (Å²) in [6.07, 6.45) is 1.00. The molecule has 3 aromatic rings. The van der Waals surface area contributed by atoms with Crippen LogP contribution in [0, 0.1) is 0 Å². The number of aromatic nitrogens is 2. The quantitative estimate of drug-likeness (QED) is 0.461. The van der Waals surface area contributed by atoms with Crippen molar-refractivity contribution >= 4 is 68.1 Å². The highest BCUT2D eigenvalue weighted by molar-refractivity contribution is 7.22. The SMILES string of the molecule is CC(C)(C)OC(=O)Nc1cc(Cl)c(-c2nc3ccnc(Cl)c3s2)c(Cl)c1. The molecule has 0 bridgehead atoms. The van der Waals surface area contributed by atoms with Crippen LogP contribution in [-0.2, 0) is 4.74 Å². The minimum Gasteiger partial charge on any atom is -0.444 e. The van der Waals surface area contributed by atoms with E-state index in [1.165, 1.54) is 11.3 Å². The van der Waals surface area contributed by atoms with Gasteiger partial charge in [-0.1, -0.05) is 34.8 Å². The van der Waals surface area contributed by atoms with Crippen molar-refractivity contribution in [1.82, 2.24) is 9.97 Å². The molecule has 0 saturated heterocycles. The molecule has 2 aromatic heterocycles. The van der Waals surface area contributed by atoms with Gasteiger partial charge in [0.2, 0.25) is 0 Å². The Morgan fingerprint density at radius 3 is 2.42 bits per heavy atom. The molecule has 0 unspecified atom stereocenters. The van der Waals surface area contributed by atoms with Crippen LogP contribution in [0.15, 0.2) is 24.4 Å². The molecule has 0 fully saturated rings. The van der Waals surface area contributed by atoms with E-state index in [-0.39, 0.29) is 0 Å². The van der Waals surface area contributed by atoms with Crippen molar-refractivity contribution in [1.29, 1.82) is 0 Å². The lowest BCUT2D eigenvalue weighted by molar-refractivity contribution is 0.0636. The van der Waals surface area contributed by atoms with E-state index in [0.717, 1.165) is 4.70 Å². The zero-order valence-electron chi connectivity index (χ0n) is 14.1. The van der Waals surface area contributed by atoms with Crippen molar-refractivity contribution in [3.05, 3.63) is 39.6 Å². The number of rotatable bonds is 2. The summed E-state index contributed by atoms with van der Waals surface area (Å²) < 4.78 is 5.98. The van der Waals surface area contributed by atoms with Crippen LogP contribution in [0.2, 0.25) is 15.2 Å². The van der Waals surface area contributed by atoms with Gasteiger partial charge in [0.05, 0.1) is 20.3 Å². The molecule has 2 heterocycles. The Bertz CT molecular complexity index is 976. The van der Waals surface area contributed by atoms with Crippen molar-refractivity contribution in [3.63, 3.8) is 0 Å². The number of pyridine rings is 1. The van der Waals surface area contributed by atoms with Crippen LogP contribution in [0.4, 0.5) is 10.5 Å². The predicted octanol–water partition coefficient (Wildman–Crippen LogP) is 6.67. The number of hydrogen-bond donors (Lipinski definition) is 1. The lowest BCUT2D eigenvalue weighted by Gasteiger charge is -2.20. The molecule has 0 atom stereocenters. The van der Waals surface area contributed by atoms with Crippen molar-refractivity contribution in [2.75, 3.05) is 5.32 Å². The van der Waals surface area contributed by atoms with Crippen LogP contribution in [0.3, 0.4) is 0 Å². The fourth-order valence-corrected chi connectivity index (χ4v) is 4.26. The maximum absolute atomic E-state index is 11.9. The van der Waals surface area contributed by atoms with E-state index in [2.05, 4.69) is 15.3 Å². The van der Waals surface area contributed by atoms with Crippen LogP contribution in [0.5, 0.6) is 0 Å². The zero-order valence-corrected chi connectivity index (χ0v) is 17.1. The zero-order chi connectivity index (χ0) is 19.1. The highest BCUT2D eigenvalue weighted by Crippen LogP contribution is 2.41. The molecular weight excluding hydrogens is 417 g/mol. The van der Waals surface area contributed by atoms with Crippen LogP contribution < -0.4 is 5.32 Å². The Hall–Kier alpha value is -1.60.